The lowest BCUT2D eigenvalue weighted by Crippen LogP contribution is -2.43. The smallest absolute Gasteiger partial charge is 0.225 e. The summed E-state index contributed by atoms with van der Waals surface area (Å²) in [5.41, 5.74) is 0.649. The molecule has 0 aliphatic carbocycles. The monoisotopic (exact) mass is 295 g/mol. The molecule has 5 nitrogen and oxygen atoms in total. The third-order valence-corrected chi connectivity index (χ3v) is 4.24. The second-order valence-corrected chi connectivity index (χ2v) is 7.21. The van der Waals surface area contributed by atoms with Crippen LogP contribution in [0, 0.1) is 12.8 Å². The summed E-state index contributed by atoms with van der Waals surface area (Å²) in [6.07, 6.45) is 0.305. The van der Waals surface area contributed by atoms with Gasteiger partial charge in [-0.15, -0.1) is 11.3 Å². The fraction of sp³-hybridized carbons (Fsp3) is 0.643. The molecule has 0 bridgehead atoms. The van der Waals surface area contributed by atoms with Gasteiger partial charge in [0, 0.05) is 23.9 Å². The lowest BCUT2D eigenvalue weighted by atomic mass is 10.1. The third kappa shape index (κ3) is 3.36. The second-order valence-electron chi connectivity index (χ2n) is 6.15. The van der Waals surface area contributed by atoms with Gasteiger partial charge in [0.05, 0.1) is 23.2 Å². The van der Waals surface area contributed by atoms with Crippen molar-refractivity contribution in [2.45, 2.75) is 46.2 Å². The highest BCUT2D eigenvalue weighted by molar-refractivity contribution is 7.09. The average Bonchev–Trinajstić information content (AvgIpc) is 2.91. The number of carbonyl (C=O) groups is 2. The minimum Gasteiger partial charge on any atom is -0.350 e. The van der Waals surface area contributed by atoms with Gasteiger partial charge in [0.25, 0.3) is 0 Å². The van der Waals surface area contributed by atoms with Crippen LogP contribution < -0.4 is 5.32 Å². The molecule has 1 fully saturated rings. The number of rotatable bonds is 3. The van der Waals surface area contributed by atoms with Crippen LogP contribution in [0.2, 0.25) is 0 Å². The van der Waals surface area contributed by atoms with Crippen LogP contribution in [0.5, 0.6) is 0 Å². The molecule has 0 aromatic carbocycles. The van der Waals surface area contributed by atoms with Crippen LogP contribution in [-0.4, -0.2) is 33.8 Å². The molecule has 1 aliphatic heterocycles. The van der Waals surface area contributed by atoms with Crippen LogP contribution >= 0.6 is 11.3 Å². The second kappa shape index (κ2) is 5.52. The molecular weight excluding hydrogens is 274 g/mol. The first-order chi connectivity index (χ1) is 9.27. The minimum absolute atomic E-state index is 0.0575. The summed E-state index contributed by atoms with van der Waals surface area (Å²) in [4.78, 5) is 30.2. The molecule has 1 saturated heterocycles. The predicted molar refractivity (Wildman–Crippen MR) is 78.3 cm³/mol. The van der Waals surface area contributed by atoms with E-state index < -0.39 is 0 Å². The molecule has 1 unspecified atom stereocenters. The Kier molecular flexibility index (Phi) is 4.13. The van der Waals surface area contributed by atoms with Gasteiger partial charge in [0.2, 0.25) is 11.8 Å². The van der Waals surface area contributed by atoms with Crippen molar-refractivity contribution < 1.29 is 9.59 Å². The summed E-state index contributed by atoms with van der Waals surface area (Å²) in [7, 11) is 0. The maximum atomic E-state index is 12.1. The van der Waals surface area contributed by atoms with Crippen molar-refractivity contribution in [3.8, 4) is 0 Å². The molecule has 110 valence electrons. The fourth-order valence-electron chi connectivity index (χ4n) is 2.34. The number of hydrogen-bond acceptors (Lipinski definition) is 4. The lowest BCUT2D eigenvalue weighted by molar-refractivity contribution is -0.132. The predicted octanol–water partition coefficient (Wildman–Crippen LogP) is 1.71. The Bertz CT molecular complexity index is 519. The Balaban J connectivity index is 1.89. The fourth-order valence-corrected chi connectivity index (χ4v) is 2.96. The van der Waals surface area contributed by atoms with Gasteiger partial charge in [-0.1, -0.05) is 0 Å². The number of nitrogens with zero attached hydrogens (tertiary/aromatic N) is 2. The molecule has 2 heterocycles. The van der Waals surface area contributed by atoms with Crippen LogP contribution in [0.25, 0.3) is 0 Å². The van der Waals surface area contributed by atoms with E-state index >= 15 is 0 Å². The van der Waals surface area contributed by atoms with Crippen molar-refractivity contribution >= 4 is 23.2 Å². The zero-order valence-electron chi connectivity index (χ0n) is 12.4. The standard InChI is InChI=1S/C14H21N3O2S/c1-9-16-11(8-20-9)6-15-13(19)10-5-12(18)17(7-10)14(2,3)4/h8,10H,5-7H2,1-4H3,(H,15,19). The molecule has 1 N–H and O–H groups in total. The van der Waals surface area contributed by atoms with Crippen LogP contribution in [0.3, 0.4) is 0 Å². The lowest BCUT2D eigenvalue weighted by Gasteiger charge is -2.31. The van der Waals surface area contributed by atoms with Crippen LogP contribution in [0.4, 0.5) is 0 Å². The van der Waals surface area contributed by atoms with Crippen molar-refractivity contribution in [3.63, 3.8) is 0 Å². The first kappa shape index (κ1) is 15.0. The number of likely N-dealkylation sites (tertiary alicyclic amines) is 1. The maximum Gasteiger partial charge on any atom is 0.225 e. The molecule has 1 aromatic heterocycles. The van der Waals surface area contributed by atoms with Crippen molar-refractivity contribution in [1.29, 1.82) is 0 Å². The first-order valence-corrected chi connectivity index (χ1v) is 7.64. The molecule has 1 aliphatic rings. The SMILES string of the molecule is Cc1nc(CNC(=O)C2CC(=O)N(C(C)(C)C)C2)cs1. The molecule has 0 saturated carbocycles. The highest BCUT2D eigenvalue weighted by Gasteiger charge is 2.39. The van der Waals surface area contributed by atoms with Crippen molar-refractivity contribution in [2.75, 3.05) is 6.54 Å². The molecular formula is C14H21N3O2S. The summed E-state index contributed by atoms with van der Waals surface area (Å²) in [5, 5.41) is 5.80. The van der Waals surface area contributed by atoms with E-state index in [1.807, 2.05) is 33.1 Å². The zero-order chi connectivity index (χ0) is 14.9. The van der Waals surface area contributed by atoms with E-state index in [0.29, 0.717) is 19.5 Å². The van der Waals surface area contributed by atoms with Gasteiger partial charge in [-0.3, -0.25) is 9.59 Å². The highest BCUT2D eigenvalue weighted by Crippen LogP contribution is 2.25. The zero-order valence-corrected chi connectivity index (χ0v) is 13.2. The molecule has 0 spiro atoms. The van der Waals surface area contributed by atoms with Gasteiger partial charge >= 0.3 is 0 Å². The number of thiazole rings is 1. The molecule has 2 amide bonds. The number of hydrogen-bond donors (Lipinski definition) is 1. The van der Waals surface area contributed by atoms with Crippen LogP contribution in [-0.2, 0) is 16.1 Å². The van der Waals surface area contributed by atoms with E-state index in [9.17, 15) is 9.59 Å². The Morgan fingerprint density at radius 1 is 1.55 bits per heavy atom. The van der Waals surface area contributed by atoms with Gasteiger partial charge in [-0.2, -0.15) is 0 Å². The van der Waals surface area contributed by atoms with Gasteiger partial charge in [0.15, 0.2) is 0 Å². The van der Waals surface area contributed by atoms with Gasteiger partial charge in [-0.25, -0.2) is 4.98 Å². The van der Waals surface area contributed by atoms with E-state index in [0.717, 1.165) is 10.7 Å². The van der Waals surface area contributed by atoms with Crippen LogP contribution in [0.1, 0.15) is 37.9 Å². The van der Waals surface area contributed by atoms with Crippen molar-refractivity contribution in [1.82, 2.24) is 15.2 Å². The molecule has 0 radical (unpaired) electrons. The minimum atomic E-state index is -0.249. The molecule has 20 heavy (non-hydrogen) atoms. The summed E-state index contributed by atoms with van der Waals surface area (Å²) in [5.74, 6) is -0.251. The van der Waals surface area contributed by atoms with Gasteiger partial charge in [-0.05, 0) is 27.7 Å². The topological polar surface area (TPSA) is 62.3 Å². The summed E-state index contributed by atoms with van der Waals surface area (Å²) in [6, 6.07) is 0. The average molecular weight is 295 g/mol. The number of carbonyl (C=O) groups excluding carboxylic acids is 2. The number of nitrogens with one attached hydrogen (secondary N) is 1. The first-order valence-electron chi connectivity index (χ1n) is 6.76. The highest BCUT2D eigenvalue weighted by atomic mass is 32.1. The Labute approximate surface area is 123 Å². The number of aromatic nitrogens is 1. The van der Waals surface area contributed by atoms with Crippen LogP contribution in [0.15, 0.2) is 5.38 Å². The Morgan fingerprint density at radius 2 is 2.25 bits per heavy atom. The van der Waals surface area contributed by atoms with Crippen molar-refractivity contribution in [3.05, 3.63) is 16.1 Å². The van der Waals surface area contributed by atoms with Gasteiger partial charge < -0.3 is 10.2 Å². The number of amides is 2. The largest absolute Gasteiger partial charge is 0.350 e. The van der Waals surface area contributed by atoms with E-state index in [4.69, 9.17) is 0 Å². The van der Waals surface area contributed by atoms with E-state index in [1.165, 1.54) is 0 Å². The molecule has 2 rings (SSSR count). The molecule has 1 aromatic rings. The van der Waals surface area contributed by atoms with E-state index in [-0.39, 0.29) is 23.3 Å². The molecule has 1 atom stereocenters. The maximum absolute atomic E-state index is 12.1. The summed E-state index contributed by atoms with van der Waals surface area (Å²) >= 11 is 1.57. The molecule has 6 heteroatoms. The Hall–Kier alpha value is -1.43. The summed E-state index contributed by atoms with van der Waals surface area (Å²) < 4.78 is 0. The quantitative estimate of drug-likeness (QED) is 0.923. The van der Waals surface area contributed by atoms with Crippen molar-refractivity contribution in [2.24, 2.45) is 5.92 Å². The normalized spacial score (nSPS) is 19.5. The third-order valence-electron chi connectivity index (χ3n) is 3.42. The van der Waals surface area contributed by atoms with E-state index in [2.05, 4.69) is 10.3 Å². The number of aryl methyl sites for hydroxylation is 1. The Morgan fingerprint density at radius 3 is 2.75 bits per heavy atom. The van der Waals surface area contributed by atoms with Gasteiger partial charge in [0.1, 0.15) is 0 Å². The summed E-state index contributed by atoms with van der Waals surface area (Å²) in [6.45, 7) is 8.84. The van der Waals surface area contributed by atoms with E-state index in [1.54, 1.807) is 16.2 Å².